The number of amides is 2. The molecule has 2 atom stereocenters. The second kappa shape index (κ2) is 7.19. The van der Waals surface area contributed by atoms with Crippen LogP contribution < -0.4 is 0 Å². The van der Waals surface area contributed by atoms with E-state index >= 15 is 0 Å². The first-order valence-electron chi connectivity index (χ1n) is 8.01. The Morgan fingerprint density at radius 2 is 2.14 bits per heavy atom. The predicted octanol–water partition coefficient (Wildman–Crippen LogP) is -0.102. The van der Waals surface area contributed by atoms with Crippen LogP contribution >= 0.6 is 0 Å². The number of hydrazone groups is 1. The molecule has 0 aromatic carbocycles. The monoisotopic (exact) mass is 310 g/mol. The number of rotatable bonds is 4. The van der Waals surface area contributed by atoms with Gasteiger partial charge in [0.05, 0.1) is 6.10 Å². The molecule has 22 heavy (non-hydrogen) atoms. The highest BCUT2D eigenvalue weighted by Gasteiger charge is 2.31. The number of carbonyl (C=O) groups is 2. The molecule has 2 aliphatic rings. The van der Waals surface area contributed by atoms with Crippen LogP contribution in [-0.2, 0) is 9.59 Å². The molecule has 1 N–H and O–H groups in total. The number of hydrogen-bond acceptors (Lipinski definition) is 5. The van der Waals surface area contributed by atoms with E-state index in [9.17, 15) is 14.7 Å². The van der Waals surface area contributed by atoms with E-state index < -0.39 is 0 Å². The Morgan fingerprint density at radius 1 is 1.41 bits per heavy atom. The first-order chi connectivity index (χ1) is 10.4. The van der Waals surface area contributed by atoms with Crippen molar-refractivity contribution in [1.82, 2.24) is 14.8 Å². The molecular weight excluding hydrogens is 284 g/mol. The topological polar surface area (TPSA) is 76.5 Å². The van der Waals surface area contributed by atoms with Gasteiger partial charge in [0, 0.05) is 51.6 Å². The number of piperazine rings is 1. The van der Waals surface area contributed by atoms with Gasteiger partial charge in [0.25, 0.3) is 5.91 Å². The van der Waals surface area contributed by atoms with Crippen LogP contribution in [0, 0.1) is 0 Å². The van der Waals surface area contributed by atoms with Crippen LogP contribution in [0.4, 0.5) is 0 Å². The summed E-state index contributed by atoms with van der Waals surface area (Å²) in [6.07, 6.45) is 0.420. The molecule has 0 bridgehead atoms. The fraction of sp³-hybridized carbons (Fsp3) is 0.800. The summed E-state index contributed by atoms with van der Waals surface area (Å²) in [4.78, 5) is 28.2. The molecule has 0 aliphatic carbocycles. The lowest BCUT2D eigenvalue weighted by Gasteiger charge is -2.40. The van der Waals surface area contributed by atoms with Gasteiger partial charge in [0.2, 0.25) is 5.91 Å². The molecule has 124 valence electrons. The van der Waals surface area contributed by atoms with Crippen LogP contribution in [0.5, 0.6) is 0 Å². The highest BCUT2D eigenvalue weighted by atomic mass is 16.3. The molecule has 1 saturated heterocycles. The molecule has 0 unspecified atom stereocenters. The van der Waals surface area contributed by atoms with E-state index in [1.54, 1.807) is 6.92 Å². The molecule has 0 radical (unpaired) electrons. The normalized spacial score (nSPS) is 25.2. The van der Waals surface area contributed by atoms with Crippen molar-refractivity contribution in [3.05, 3.63) is 0 Å². The van der Waals surface area contributed by atoms with Crippen molar-refractivity contribution in [2.24, 2.45) is 5.10 Å². The molecule has 0 saturated carbocycles. The maximum absolute atomic E-state index is 12.6. The summed E-state index contributed by atoms with van der Waals surface area (Å²) in [5.74, 6) is -0.0799. The number of hydrogen-bond donors (Lipinski definition) is 1. The molecule has 0 aromatic rings. The van der Waals surface area contributed by atoms with Gasteiger partial charge in [-0.3, -0.25) is 14.5 Å². The molecular formula is C15H26N4O3. The highest BCUT2D eigenvalue weighted by molar-refractivity contribution is 6.39. The quantitative estimate of drug-likeness (QED) is 0.786. The van der Waals surface area contributed by atoms with E-state index in [4.69, 9.17) is 0 Å². The van der Waals surface area contributed by atoms with E-state index in [1.807, 2.05) is 11.8 Å². The molecule has 2 rings (SSSR count). The van der Waals surface area contributed by atoms with Crippen molar-refractivity contribution in [3.8, 4) is 0 Å². The number of aliphatic hydroxyl groups is 1. The van der Waals surface area contributed by atoms with Gasteiger partial charge in [-0.05, 0) is 20.8 Å². The van der Waals surface area contributed by atoms with Gasteiger partial charge < -0.3 is 10.0 Å². The van der Waals surface area contributed by atoms with E-state index in [0.717, 1.165) is 6.54 Å². The average molecular weight is 310 g/mol. The van der Waals surface area contributed by atoms with Crippen molar-refractivity contribution in [2.45, 2.75) is 45.8 Å². The fourth-order valence-electron chi connectivity index (χ4n) is 2.98. The van der Waals surface area contributed by atoms with Crippen molar-refractivity contribution >= 4 is 17.5 Å². The van der Waals surface area contributed by atoms with E-state index in [-0.39, 0.29) is 24.0 Å². The Kier molecular flexibility index (Phi) is 5.52. The number of aliphatic hydroxyl groups excluding tert-OH is 1. The third-order valence-electron chi connectivity index (χ3n) is 4.20. The number of carbonyl (C=O) groups excluding carboxylic acids is 2. The molecule has 0 spiro atoms. The predicted molar refractivity (Wildman–Crippen MR) is 83.4 cm³/mol. The lowest BCUT2D eigenvalue weighted by Crippen LogP contribution is -2.56. The van der Waals surface area contributed by atoms with Gasteiger partial charge in [-0.15, -0.1) is 0 Å². The fourth-order valence-corrected chi connectivity index (χ4v) is 2.98. The molecule has 2 aliphatic heterocycles. The zero-order valence-electron chi connectivity index (χ0n) is 13.7. The van der Waals surface area contributed by atoms with Crippen LogP contribution in [0.2, 0.25) is 0 Å². The van der Waals surface area contributed by atoms with Crippen molar-refractivity contribution in [3.63, 3.8) is 0 Å². The Labute approximate surface area is 131 Å². The summed E-state index contributed by atoms with van der Waals surface area (Å²) in [7, 11) is 0. The lowest BCUT2D eigenvalue weighted by atomic mass is 10.1. The van der Waals surface area contributed by atoms with Crippen LogP contribution in [0.15, 0.2) is 5.10 Å². The van der Waals surface area contributed by atoms with Crippen molar-refractivity contribution in [2.75, 3.05) is 32.7 Å². The van der Waals surface area contributed by atoms with Gasteiger partial charge in [-0.1, -0.05) is 0 Å². The summed E-state index contributed by atoms with van der Waals surface area (Å²) in [6, 6.07) is 0.209. The first-order valence-corrected chi connectivity index (χ1v) is 8.01. The molecule has 0 aromatic heterocycles. The van der Waals surface area contributed by atoms with Crippen LogP contribution in [0.3, 0.4) is 0 Å². The highest BCUT2D eigenvalue weighted by Crippen LogP contribution is 2.15. The Bertz CT molecular complexity index is 464. The lowest BCUT2D eigenvalue weighted by molar-refractivity contribution is -0.132. The third kappa shape index (κ3) is 3.84. The van der Waals surface area contributed by atoms with Crippen LogP contribution in [0.1, 0.15) is 33.6 Å². The van der Waals surface area contributed by atoms with E-state index in [2.05, 4.69) is 16.9 Å². The Balaban J connectivity index is 1.98. The van der Waals surface area contributed by atoms with E-state index in [0.29, 0.717) is 44.7 Å². The molecule has 7 heteroatoms. The molecule has 7 nitrogen and oxygen atoms in total. The largest absolute Gasteiger partial charge is 0.392 e. The summed E-state index contributed by atoms with van der Waals surface area (Å²) in [6.45, 7) is 8.83. The zero-order valence-corrected chi connectivity index (χ0v) is 13.7. The summed E-state index contributed by atoms with van der Waals surface area (Å²) >= 11 is 0. The second-order valence-corrected chi connectivity index (χ2v) is 6.10. The molecule has 2 heterocycles. The van der Waals surface area contributed by atoms with Gasteiger partial charge in [-0.2, -0.15) is 5.10 Å². The van der Waals surface area contributed by atoms with Gasteiger partial charge >= 0.3 is 0 Å². The zero-order chi connectivity index (χ0) is 16.3. The smallest absolute Gasteiger partial charge is 0.270 e. The first kappa shape index (κ1) is 16.9. The van der Waals surface area contributed by atoms with Gasteiger partial charge in [0.15, 0.2) is 0 Å². The summed E-state index contributed by atoms with van der Waals surface area (Å²) < 4.78 is 0. The van der Waals surface area contributed by atoms with Crippen molar-refractivity contribution < 1.29 is 14.7 Å². The Hall–Kier alpha value is -1.47. The van der Waals surface area contributed by atoms with Crippen LogP contribution in [-0.4, -0.2) is 82.3 Å². The van der Waals surface area contributed by atoms with Gasteiger partial charge in [-0.25, -0.2) is 5.01 Å². The second-order valence-electron chi connectivity index (χ2n) is 6.10. The van der Waals surface area contributed by atoms with E-state index in [1.165, 1.54) is 5.01 Å². The third-order valence-corrected chi connectivity index (χ3v) is 4.20. The Morgan fingerprint density at radius 3 is 2.73 bits per heavy atom. The summed E-state index contributed by atoms with van der Waals surface area (Å²) in [5.41, 5.74) is 0.484. The van der Waals surface area contributed by atoms with Gasteiger partial charge in [0.1, 0.15) is 5.71 Å². The molecule has 2 amide bonds. The number of nitrogens with zero attached hydrogens (tertiary/aromatic N) is 4. The minimum Gasteiger partial charge on any atom is -0.392 e. The molecule has 1 fully saturated rings. The maximum atomic E-state index is 12.6. The SMILES string of the molecule is CCN1N=C(C(=O)N2CCN(C[C@@H](C)O)[C@@H](C)C2)CCC1=O. The van der Waals surface area contributed by atoms with Crippen molar-refractivity contribution in [1.29, 1.82) is 0 Å². The summed E-state index contributed by atoms with van der Waals surface area (Å²) in [5, 5.41) is 15.1. The number of β-amino-alcohol motifs (C(OH)–C–C–N with tert-alkyl or cyclic N) is 1. The van der Waals surface area contributed by atoms with Crippen LogP contribution in [0.25, 0.3) is 0 Å². The minimum atomic E-state index is -0.364. The maximum Gasteiger partial charge on any atom is 0.270 e. The average Bonchev–Trinajstić information content (AvgIpc) is 2.48. The minimum absolute atomic E-state index is 0.0193. The standard InChI is InChI=1S/C15H26N4O3/c1-4-19-14(21)6-5-13(16-19)15(22)18-8-7-17(10-12(3)20)11(2)9-18/h11-12,20H,4-10H2,1-3H3/t11-,12+/m0/s1.